The van der Waals surface area contributed by atoms with Crippen LogP contribution in [0.2, 0.25) is 0 Å². The minimum atomic E-state index is 0.235. The number of carbonyl (C=O) groups is 1. The van der Waals surface area contributed by atoms with Crippen LogP contribution in [0.25, 0.3) is 0 Å². The fourth-order valence-electron chi connectivity index (χ4n) is 4.30. The summed E-state index contributed by atoms with van der Waals surface area (Å²) in [6.45, 7) is 11.7. The van der Waals surface area contributed by atoms with Crippen LogP contribution in [0.1, 0.15) is 31.2 Å². The summed E-state index contributed by atoms with van der Waals surface area (Å²) >= 11 is 0. The highest BCUT2D eigenvalue weighted by Gasteiger charge is 2.26. The Labute approximate surface area is 167 Å². The Kier molecular flexibility index (Phi) is 5.78. The predicted molar refractivity (Wildman–Crippen MR) is 112 cm³/mol. The minimum absolute atomic E-state index is 0.235. The first-order valence-electron chi connectivity index (χ1n) is 10.5. The Morgan fingerprint density at radius 2 is 1.79 bits per heavy atom. The van der Waals surface area contributed by atoms with E-state index in [0.29, 0.717) is 12.5 Å². The Hall–Kier alpha value is -2.18. The van der Waals surface area contributed by atoms with E-state index >= 15 is 0 Å². The molecule has 2 aliphatic heterocycles. The molecule has 6 nitrogen and oxygen atoms in total. The first kappa shape index (κ1) is 19.2. The van der Waals surface area contributed by atoms with E-state index in [9.17, 15) is 4.79 Å². The summed E-state index contributed by atoms with van der Waals surface area (Å²) in [7, 11) is 0. The molecule has 0 aliphatic carbocycles. The van der Waals surface area contributed by atoms with Gasteiger partial charge in [-0.1, -0.05) is 32.0 Å². The van der Waals surface area contributed by atoms with Crippen LogP contribution in [0.3, 0.4) is 0 Å². The zero-order chi connectivity index (χ0) is 19.5. The number of carbonyl (C=O) groups excluding carboxylic acids is 1. The van der Waals surface area contributed by atoms with Gasteiger partial charge in [0.1, 0.15) is 5.82 Å². The first-order chi connectivity index (χ1) is 13.6. The fourth-order valence-corrected chi connectivity index (χ4v) is 4.30. The van der Waals surface area contributed by atoms with E-state index in [1.54, 1.807) is 0 Å². The molecule has 2 aromatic rings. The normalized spacial score (nSPS) is 18.0. The molecule has 4 rings (SSSR count). The minimum Gasteiger partial charge on any atom is -0.333 e. The van der Waals surface area contributed by atoms with Gasteiger partial charge in [0.25, 0.3) is 0 Å². The van der Waals surface area contributed by atoms with Crippen molar-refractivity contribution >= 4 is 11.6 Å². The second kappa shape index (κ2) is 8.45. The lowest BCUT2D eigenvalue weighted by atomic mass is 10.2. The number of aromatic nitrogens is 2. The number of rotatable bonds is 6. The maximum atomic E-state index is 12.8. The molecule has 0 atom stereocenters. The number of anilines is 1. The molecule has 1 fully saturated rings. The number of amides is 1. The fraction of sp³-hybridized carbons (Fsp3) is 0.545. The summed E-state index contributed by atoms with van der Waals surface area (Å²) in [6.07, 6.45) is 4.95. The van der Waals surface area contributed by atoms with Crippen molar-refractivity contribution in [3.63, 3.8) is 0 Å². The van der Waals surface area contributed by atoms with Gasteiger partial charge in [-0.05, 0) is 18.1 Å². The average molecular weight is 382 g/mol. The molecule has 6 heteroatoms. The van der Waals surface area contributed by atoms with E-state index in [-0.39, 0.29) is 5.91 Å². The molecule has 0 saturated carbocycles. The van der Waals surface area contributed by atoms with Crippen molar-refractivity contribution in [2.24, 2.45) is 0 Å². The van der Waals surface area contributed by atoms with Crippen molar-refractivity contribution in [1.29, 1.82) is 0 Å². The smallest absolute Gasteiger partial charge is 0.241 e. The topological polar surface area (TPSA) is 44.6 Å². The quantitative estimate of drug-likeness (QED) is 0.770. The SMILES string of the molecule is CC(C)c1nccn1CCN1CCN(CC(=O)N2CCc3ccccc32)CC1. The molecule has 0 radical (unpaired) electrons. The largest absolute Gasteiger partial charge is 0.333 e. The average Bonchev–Trinajstić information content (AvgIpc) is 3.34. The molecule has 1 saturated heterocycles. The van der Waals surface area contributed by atoms with Gasteiger partial charge in [0.05, 0.1) is 6.54 Å². The Morgan fingerprint density at radius 1 is 1.04 bits per heavy atom. The highest BCUT2D eigenvalue weighted by Crippen LogP contribution is 2.27. The summed E-state index contributed by atoms with van der Waals surface area (Å²) in [5.74, 6) is 1.85. The van der Waals surface area contributed by atoms with E-state index in [2.05, 4.69) is 57.6 Å². The van der Waals surface area contributed by atoms with Crippen molar-refractivity contribution < 1.29 is 4.79 Å². The molecular weight excluding hydrogens is 350 g/mol. The monoisotopic (exact) mass is 381 g/mol. The third-order valence-electron chi connectivity index (χ3n) is 5.93. The molecule has 0 unspecified atom stereocenters. The lowest BCUT2D eigenvalue weighted by Crippen LogP contribution is -2.50. The van der Waals surface area contributed by atoms with Gasteiger partial charge >= 0.3 is 0 Å². The Balaban J connectivity index is 1.23. The van der Waals surface area contributed by atoms with Crippen molar-refractivity contribution in [3.8, 4) is 0 Å². The molecule has 3 heterocycles. The standard InChI is InChI=1S/C22H31N5O/c1-18(2)22-23-8-10-26(22)16-15-24-11-13-25(14-12-24)17-21(28)27-9-7-19-5-3-4-6-20(19)27/h3-6,8,10,18H,7,9,11-17H2,1-2H3. The van der Waals surface area contributed by atoms with E-state index in [1.807, 2.05) is 17.2 Å². The molecule has 1 aromatic carbocycles. The molecule has 1 amide bonds. The maximum absolute atomic E-state index is 12.8. The predicted octanol–water partition coefficient (Wildman–Crippen LogP) is 2.21. The summed E-state index contributed by atoms with van der Waals surface area (Å²) in [4.78, 5) is 24.0. The van der Waals surface area contributed by atoms with Gasteiger partial charge in [0.2, 0.25) is 5.91 Å². The van der Waals surface area contributed by atoms with Gasteiger partial charge in [-0.2, -0.15) is 0 Å². The number of nitrogens with zero attached hydrogens (tertiary/aromatic N) is 5. The van der Waals surface area contributed by atoms with E-state index in [1.165, 1.54) is 5.56 Å². The zero-order valence-corrected chi connectivity index (χ0v) is 17.0. The second-order valence-electron chi connectivity index (χ2n) is 8.18. The van der Waals surface area contributed by atoms with E-state index < -0.39 is 0 Å². The van der Waals surface area contributed by atoms with Crippen LogP contribution in [0.5, 0.6) is 0 Å². The number of benzene rings is 1. The molecule has 150 valence electrons. The van der Waals surface area contributed by atoms with Gasteiger partial charge < -0.3 is 9.47 Å². The first-order valence-corrected chi connectivity index (χ1v) is 10.5. The highest BCUT2D eigenvalue weighted by atomic mass is 16.2. The van der Waals surface area contributed by atoms with Crippen molar-refractivity contribution in [2.45, 2.75) is 32.7 Å². The molecule has 0 bridgehead atoms. The zero-order valence-electron chi connectivity index (χ0n) is 17.0. The van der Waals surface area contributed by atoms with Gasteiger partial charge in [-0.25, -0.2) is 4.98 Å². The summed E-state index contributed by atoms with van der Waals surface area (Å²) in [5.41, 5.74) is 2.40. The molecule has 0 N–H and O–H groups in total. The Morgan fingerprint density at radius 3 is 2.57 bits per heavy atom. The molecular formula is C22H31N5O. The highest BCUT2D eigenvalue weighted by molar-refractivity contribution is 5.96. The second-order valence-corrected chi connectivity index (χ2v) is 8.18. The number of hydrogen-bond donors (Lipinski definition) is 0. The van der Waals surface area contributed by atoms with Gasteiger partial charge in [-0.15, -0.1) is 0 Å². The third-order valence-corrected chi connectivity index (χ3v) is 5.93. The van der Waals surface area contributed by atoms with Crippen LogP contribution in [0, 0.1) is 0 Å². The maximum Gasteiger partial charge on any atom is 0.241 e. The third kappa shape index (κ3) is 4.13. The van der Waals surface area contributed by atoms with Gasteiger partial charge in [0, 0.05) is 69.8 Å². The molecule has 1 aromatic heterocycles. The van der Waals surface area contributed by atoms with Crippen LogP contribution in [0.15, 0.2) is 36.7 Å². The summed E-state index contributed by atoms with van der Waals surface area (Å²) < 4.78 is 2.27. The number of imidazole rings is 1. The Bertz CT molecular complexity index is 807. The number of para-hydroxylation sites is 1. The molecule has 0 spiro atoms. The van der Waals surface area contributed by atoms with Crippen molar-refractivity contribution in [3.05, 3.63) is 48.0 Å². The van der Waals surface area contributed by atoms with Gasteiger partial charge in [-0.3, -0.25) is 14.6 Å². The number of piperazine rings is 1. The van der Waals surface area contributed by atoms with E-state index in [4.69, 9.17) is 0 Å². The van der Waals surface area contributed by atoms with Crippen molar-refractivity contribution in [2.75, 3.05) is 50.7 Å². The number of hydrogen-bond acceptors (Lipinski definition) is 4. The van der Waals surface area contributed by atoms with Gasteiger partial charge in [0.15, 0.2) is 0 Å². The van der Waals surface area contributed by atoms with Crippen molar-refractivity contribution in [1.82, 2.24) is 19.4 Å². The lowest BCUT2D eigenvalue weighted by molar-refractivity contribution is -0.120. The summed E-state index contributed by atoms with van der Waals surface area (Å²) in [5, 5.41) is 0. The van der Waals surface area contributed by atoms with Crippen LogP contribution in [0.4, 0.5) is 5.69 Å². The lowest BCUT2D eigenvalue weighted by Gasteiger charge is -2.35. The molecule has 2 aliphatic rings. The van der Waals surface area contributed by atoms with Crippen LogP contribution in [-0.2, 0) is 17.8 Å². The van der Waals surface area contributed by atoms with Crippen LogP contribution in [-0.4, -0.2) is 71.1 Å². The van der Waals surface area contributed by atoms with Crippen LogP contribution >= 0.6 is 0 Å². The van der Waals surface area contributed by atoms with Crippen LogP contribution < -0.4 is 4.90 Å². The van der Waals surface area contributed by atoms with E-state index in [0.717, 1.165) is 63.7 Å². The molecule has 28 heavy (non-hydrogen) atoms. The summed E-state index contributed by atoms with van der Waals surface area (Å²) in [6, 6.07) is 8.28. The number of fused-ring (bicyclic) bond motifs is 1.